The molecule has 3 rings (SSSR count). The van der Waals surface area contributed by atoms with Crippen LogP contribution < -0.4 is 5.32 Å². The number of carboxylic acid groups (broad SMARTS) is 1. The fourth-order valence-electron chi connectivity index (χ4n) is 2.97. The maximum Gasteiger partial charge on any atom is 0.317 e. The molecule has 1 aromatic carbocycles. The normalized spacial score (nSPS) is 15.1. The lowest BCUT2D eigenvalue weighted by atomic mass is 9.97. The lowest BCUT2D eigenvalue weighted by Crippen LogP contribution is -2.45. The minimum Gasteiger partial charge on any atom is -0.481 e. The second kappa shape index (κ2) is 7.83. The van der Waals surface area contributed by atoms with Crippen LogP contribution in [0.25, 0.3) is 0 Å². The van der Waals surface area contributed by atoms with E-state index in [0.717, 1.165) is 5.56 Å². The van der Waals surface area contributed by atoms with E-state index >= 15 is 0 Å². The van der Waals surface area contributed by atoms with Gasteiger partial charge in [-0.15, -0.1) is 0 Å². The van der Waals surface area contributed by atoms with Crippen molar-refractivity contribution in [2.24, 2.45) is 5.92 Å². The lowest BCUT2D eigenvalue weighted by Gasteiger charge is -2.30. The third-order valence-corrected chi connectivity index (χ3v) is 4.45. The van der Waals surface area contributed by atoms with Gasteiger partial charge < -0.3 is 15.3 Å². The van der Waals surface area contributed by atoms with E-state index in [2.05, 4.69) is 10.4 Å². The quantitative estimate of drug-likeness (QED) is 0.869. The molecule has 0 atom stereocenters. The molecule has 1 fully saturated rings. The molecule has 2 aromatic rings. The number of hydrogen-bond donors (Lipinski definition) is 2. The van der Waals surface area contributed by atoms with Gasteiger partial charge in [0, 0.05) is 31.4 Å². The summed E-state index contributed by atoms with van der Waals surface area (Å²) in [5.74, 6) is -1.11. The van der Waals surface area contributed by atoms with E-state index in [4.69, 9.17) is 5.11 Å². The number of aromatic nitrogens is 2. The maximum atomic E-state index is 12.2. The molecule has 7 heteroatoms. The van der Waals surface area contributed by atoms with Crippen molar-refractivity contribution in [1.82, 2.24) is 20.0 Å². The van der Waals surface area contributed by atoms with Gasteiger partial charge in [-0.25, -0.2) is 4.79 Å². The number of carbonyl (C=O) groups excluding carboxylic acids is 1. The molecule has 0 saturated carbocycles. The number of amides is 2. The summed E-state index contributed by atoms with van der Waals surface area (Å²) in [4.78, 5) is 24.8. The van der Waals surface area contributed by atoms with Crippen LogP contribution in [0.4, 0.5) is 4.79 Å². The van der Waals surface area contributed by atoms with Gasteiger partial charge in [0.15, 0.2) is 0 Å². The molecule has 1 saturated heterocycles. The van der Waals surface area contributed by atoms with Crippen molar-refractivity contribution in [3.8, 4) is 0 Å². The lowest BCUT2D eigenvalue weighted by molar-refractivity contribution is -0.143. The summed E-state index contributed by atoms with van der Waals surface area (Å²) >= 11 is 0. The predicted molar refractivity (Wildman–Crippen MR) is 91.9 cm³/mol. The molecule has 0 radical (unpaired) electrons. The average molecular weight is 342 g/mol. The molecule has 2 N–H and O–H groups in total. The van der Waals surface area contributed by atoms with Gasteiger partial charge in [-0.3, -0.25) is 9.48 Å². The van der Waals surface area contributed by atoms with Crippen molar-refractivity contribution in [1.29, 1.82) is 0 Å². The third kappa shape index (κ3) is 4.59. The molecule has 132 valence electrons. The Kier molecular flexibility index (Phi) is 5.33. The summed E-state index contributed by atoms with van der Waals surface area (Å²) in [6.07, 6.45) is 4.69. The molecule has 2 heterocycles. The smallest absolute Gasteiger partial charge is 0.317 e. The van der Waals surface area contributed by atoms with Crippen molar-refractivity contribution < 1.29 is 14.7 Å². The fraction of sp³-hybridized carbons (Fsp3) is 0.389. The Bertz CT molecular complexity index is 721. The van der Waals surface area contributed by atoms with Crippen molar-refractivity contribution >= 4 is 12.0 Å². The van der Waals surface area contributed by atoms with Crippen LogP contribution in [0.2, 0.25) is 0 Å². The number of rotatable bonds is 5. The number of piperidine rings is 1. The molecular weight excluding hydrogens is 320 g/mol. The standard InChI is InChI=1S/C18H22N4O3/c23-17(24)16-6-8-21(9-7-16)18(25)19-10-15-11-20-22(13-15)12-14-4-2-1-3-5-14/h1-5,11,13,16H,6-10,12H2,(H,19,25)(H,23,24). The predicted octanol–water partition coefficient (Wildman–Crippen LogP) is 1.94. The van der Waals surface area contributed by atoms with Crippen molar-refractivity contribution in [2.75, 3.05) is 13.1 Å². The Morgan fingerprint density at radius 1 is 1.16 bits per heavy atom. The average Bonchev–Trinajstić information content (AvgIpc) is 3.08. The van der Waals surface area contributed by atoms with Gasteiger partial charge in [0.05, 0.1) is 18.7 Å². The molecule has 25 heavy (non-hydrogen) atoms. The highest BCUT2D eigenvalue weighted by molar-refractivity contribution is 5.75. The van der Waals surface area contributed by atoms with E-state index in [0.29, 0.717) is 39.0 Å². The number of hydrogen-bond acceptors (Lipinski definition) is 3. The summed E-state index contributed by atoms with van der Waals surface area (Å²) < 4.78 is 1.84. The van der Waals surface area contributed by atoms with Crippen LogP contribution in [0.3, 0.4) is 0 Å². The van der Waals surface area contributed by atoms with Crippen LogP contribution in [0, 0.1) is 5.92 Å². The summed E-state index contributed by atoms with van der Waals surface area (Å²) in [5.41, 5.74) is 2.10. The number of nitrogens with one attached hydrogen (secondary N) is 1. The van der Waals surface area contributed by atoms with Crippen molar-refractivity contribution in [3.63, 3.8) is 0 Å². The first kappa shape index (κ1) is 17.0. The molecule has 0 bridgehead atoms. The summed E-state index contributed by atoms with van der Waals surface area (Å²) in [6.45, 7) is 2.07. The van der Waals surface area contributed by atoms with Crippen LogP contribution in [0.1, 0.15) is 24.0 Å². The monoisotopic (exact) mass is 342 g/mol. The number of carboxylic acids is 1. The number of urea groups is 1. The van der Waals surface area contributed by atoms with Gasteiger partial charge in [-0.2, -0.15) is 5.10 Å². The molecule has 2 amide bonds. The van der Waals surface area contributed by atoms with Crippen LogP contribution >= 0.6 is 0 Å². The molecule has 1 aromatic heterocycles. The molecule has 0 spiro atoms. The highest BCUT2D eigenvalue weighted by atomic mass is 16.4. The molecular formula is C18H22N4O3. The van der Waals surface area contributed by atoms with Crippen molar-refractivity contribution in [2.45, 2.75) is 25.9 Å². The first-order chi connectivity index (χ1) is 12.1. The van der Waals surface area contributed by atoms with Crippen LogP contribution in [0.5, 0.6) is 0 Å². The molecule has 0 aliphatic carbocycles. The molecule has 0 unspecified atom stereocenters. The highest BCUT2D eigenvalue weighted by Gasteiger charge is 2.26. The fourth-order valence-corrected chi connectivity index (χ4v) is 2.97. The van der Waals surface area contributed by atoms with Gasteiger partial charge in [-0.05, 0) is 18.4 Å². The highest BCUT2D eigenvalue weighted by Crippen LogP contribution is 2.17. The van der Waals surface area contributed by atoms with E-state index in [-0.39, 0.29) is 11.9 Å². The van der Waals surface area contributed by atoms with Gasteiger partial charge in [0.25, 0.3) is 0 Å². The summed E-state index contributed by atoms with van der Waals surface area (Å²) in [6, 6.07) is 9.90. The van der Waals surface area contributed by atoms with Crippen LogP contribution in [-0.2, 0) is 17.9 Å². The Labute approximate surface area is 146 Å². The van der Waals surface area contributed by atoms with E-state index in [9.17, 15) is 9.59 Å². The van der Waals surface area contributed by atoms with Crippen LogP contribution in [0.15, 0.2) is 42.7 Å². The zero-order valence-corrected chi connectivity index (χ0v) is 14.0. The summed E-state index contributed by atoms with van der Waals surface area (Å²) in [7, 11) is 0. The van der Waals surface area contributed by atoms with Crippen LogP contribution in [-0.4, -0.2) is 44.9 Å². The van der Waals surface area contributed by atoms with Gasteiger partial charge >= 0.3 is 12.0 Å². The van der Waals surface area contributed by atoms with E-state index in [1.54, 1.807) is 11.1 Å². The van der Waals surface area contributed by atoms with Crippen molar-refractivity contribution in [3.05, 3.63) is 53.9 Å². The zero-order valence-electron chi connectivity index (χ0n) is 14.0. The summed E-state index contributed by atoms with van der Waals surface area (Å²) in [5, 5.41) is 16.2. The molecule has 7 nitrogen and oxygen atoms in total. The first-order valence-electron chi connectivity index (χ1n) is 8.42. The van der Waals surface area contributed by atoms with E-state index < -0.39 is 5.97 Å². The number of benzene rings is 1. The van der Waals surface area contributed by atoms with E-state index in [1.165, 1.54) is 5.56 Å². The topological polar surface area (TPSA) is 87.5 Å². The molecule has 1 aliphatic heterocycles. The SMILES string of the molecule is O=C(O)C1CCN(C(=O)NCc2cnn(Cc3ccccc3)c2)CC1. The zero-order chi connectivity index (χ0) is 17.6. The Balaban J connectivity index is 1.46. The minimum absolute atomic E-state index is 0.153. The van der Waals surface area contributed by atoms with Gasteiger partial charge in [0.1, 0.15) is 0 Å². The second-order valence-corrected chi connectivity index (χ2v) is 6.29. The Morgan fingerprint density at radius 2 is 1.88 bits per heavy atom. The molecule has 1 aliphatic rings. The second-order valence-electron chi connectivity index (χ2n) is 6.29. The van der Waals surface area contributed by atoms with Gasteiger partial charge in [-0.1, -0.05) is 30.3 Å². The Morgan fingerprint density at radius 3 is 2.56 bits per heavy atom. The first-order valence-corrected chi connectivity index (χ1v) is 8.42. The maximum absolute atomic E-state index is 12.2. The number of carbonyl (C=O) groups is 2. The number of nitrogens with zero attached hydrogens (tertiary/aromatic N) is 3. The third-order valence-electron chi connectivity index (χ3n) is 4.45. The van der Waals surface area contributed by atoms with E-state index in [1.807, 2.05) is 41.2 Å². The Hall–Kier alpha value is -2.83. The number of likely N-dealkylation sites (tertiary alicyclic amines) is 1. The largest absolute Gasteiger partial charge is 0.481 e. The van der Waals surface area contributed by atoms with Gasteiger partial charge in [0.2, 0.25) is 0 Å². The minimum atomic E-state index is -0.772. The number of aliphatic carboxylic acids is 1.